The van der Waals surface area contributed by atoms with Crippen LogP contribution in [-0.2, 0) is 49.3 Å². The van der Waals surface area contributed by atoms with Crippen LogP contribution in [0.3, 0.4) is 0 Å². The van der Waals surface area contributed by atoms with E-state index < -0.39 is 67.2 Å². The quantitative estimate of drug-likeness (QED) is 0.147. The number of fused-ring (bicyclic) bond motifs is 3. The summed E-state index contributed by atoms with van der Waals surface area (Å²) in [6.07, 6.45) is -3.84. The third-order valence-electron chi connectivity index (χ3n) is 8.29. The predicted octanol–water partition coefficient (Wildman–Crippen LogP) is 3.00. The number of carbonyl (C=O) groups excluding carboxylic acids is 4. The average Bonchev–Trinajstić information content (AvgIpc) is 3.32. The highest BCUT2D eigenvalue weighted by molar-refractivity contribution is 7.98. The van der Waals surface area contributed by atoms with E-state index in [4.69, 9.17) is 50.1 Å². The molecule has 1 saturated heterocycles. The van der Waals surface area contributed by atoms with Gasteiger partial charge in [-0.2, -0.15) is 0 Å². The fraction of sp³-hybridized carbons (Fsp3) is 0.486. The summed E-state index contributed by atoms with van der Waals surface area (Å²) in [5.74, 6) is -1.63. The molecule has 2 N–H and O–H groups in total. The molecule has 2 aliphatic rings. The lowest BCUT2D eigenvalue weighted by molar-refractivity contribution is -0.254. The van der Waals surface area contributed by atoms with Gasteiger partial charge in [0.15, 0.2) is 46.6 Å². The average molecular weight is 763 g/mol. The van der Waals surface area contributed by atoms with Crippen molar-refractivity contribution in [1.82, 2.24) is 10.6 Å². The van der Waals surface area contributed by atoms with Gasteiger partial charge in [-0.1, -0.05) is 6.07 Å². The van der Waals surface area contributed by atoms with Crippen molar-refractivity contribution in [3.63, 3.8) is 0 Å². The Morgan fingerprint density at radius 3 is 2.06 bits per heavy atom. The van der Waals surface area contributed by atoms with Crippen LogP contribution < -0.4 is 30.3 Å². The lowest BCUT2D eigenvalue weighted by atomic mass is 9.95. The van der Waals surface area contributed by atoms with Crippen molar-refractivity contribution in [2.24, 2.45) is 0 Å². The van der Waals surface area contributed by atoms with Crippen LogP contribution in [0.15, 0.2) is 34.0 Å². The van der Waals surface area contributed by atoms with Gasteiger partial charge in [-0.15, -0.1) is 11.8 Å². The number of thiocarbonyl (C=S) groups is 1. The Kier molecular flexibility index (Phi) is 13.7. The van der Waals surface area contributed by atoms with Crippen LogP contribution in [0.2, 0.25) is 0 Å². The predicted molar refractivity (Wildman–Crippen MR) is 191 cm³/mol. The molecule has 0 spiro atoms. The minimum atomic E-state index is -1.39. The molecule has 52 heavy (non-hydrogen) atoms. The van der Waals surface area contributed by atoms with E-state index in [9.17, 15) is 24.0 Å². The number of rotatable bonds is 11. The van der Waals surface area contributed by atoms with Crippen LogP contribution in [0, 0.1) is 0 Å². The highest BCUT2D eigenvalue weighted by Crippen LogP contribution is 2.50. The molecule has 17 heteroatoms. The lowest BCUT2D eigenvalue weighted by Crippen LogP contribution is -2.66. The summed E-state index contributed by atoms with van der Waals surface area (Å²) in [6, 6.07) is 6.47. The Balaban J connectivity index is 1.77. The van der Waals surface area contributed by atoms with Crippen molar-refractivity contribution in [3.8, 4) is 28.4 Å². The number of hydrogen-bond donors (Lipinski definition) is 2. The number of aryl methyl sites for hydroxylation is 1. The third-order valence-corrected chi connectivity index (χ3v) is 9.30. The first-order valence-electron chi connectivity index (χ1n) is 16.1. The SMILES string of the molecule is COc1cc2c(c(OC)c1OC)-c1ccc(SC)c(=O)cc1[C@@H](NC(=S)N[C@@H]1O[C@H](COC(C)=O)[C@@H](OC(C)=O)[C@H](OC(C)=O)[C@H]1OC(C)=O)CC2. The van der Waals surface area contributed by atoms with E-state index in [2.05, 4.69) is 10.6 Å². The summed E-state index contributed by atoms with van der Waals surface area (Å²) >= 11 is 7.09. The number of ether oxygens (including phenoxy) is 8. The molecular formula is C35H42N2O13S2. The minimum absolute atomic E-state index is 0.00831. The second-order valence-corrected chi connectivity index (χ2v) is 13.0. The van der Waals surface area contributed by atoms with Gasteiger partial charge < -0.3 is 48.5 Å². The van der Waals surface area contributed by atoms with Gasteiger partial charge in [-0.05, 0) is 66.2 Å². The zero-order valence-electron chi connectivity index (χ0n) is 30.0. The summed E-state index contributed by atoms with van der Waals surface area (Å²) in [5.41, 5.74) is 2.70. The second kappa shape index (κ2) is 17.7. The summed E-state index contributed by atoms with van der Waals surface area (Å²) in [6.45, 7) is 4.20. The number of thioether (sulfide) groups is 1. The number of nitrogens with one attached hydrogen (secondary N) is 2. The molecule has 4 rings (SSSR count). The summed E-state index contributed by atoms with van der Waals surface area (Å²) in [5, 5.41) is 6.28. The summed E-state index contributed by atoms with van der Waals surface area (Å²) in [4.78, 5) is 62.4. The van der Waals surface area contributed by atoms with Crippen LogP contribution in [0.25, 0.3) is 11.1 Å². The molecule has 1 fully saturated rings. The molecule has 0 bridgehead atoms. The molecule has 1 aliphatic carbocycles. The van der Waals surface area contributed by atoms with E-state index in [1.54, 1.807) is 12.1 Å². The van der Waals surface area contributed by atoms with Gasteiger partial charge in [0.05, 0.1) is 32.3 Å². The monoisotopic (exact) mass is 762 g/mol. The molecule has 0 amide bonds. The first kappa shape index (κ1) is 40.2. The van der Waals surface area contributed by atoms with Gasteiger partial charge in [-0.3, -0.25) is 24.0 Å². The highest BCUT2D eigenvalue weighted by atomic mass is 32.2. The van der Waals surface area contributed by atoms with Gasteiger partial charge in [-0.25, -0.2) is 0 Å². The molecule has 282 valence electrons. The molecule has 0 saturated carbocycles. The maximum atomic E-state index is 13.4. The van der Waals surface area contributed by atoms with Crippen LogP contribution in [0.4, 0.5) is 0 Å². The molecule has 0 aromatic heterocycles. The van der Waals surface area contributed by atoms with Gasteiger partial charge in [0, 0.05) is 33.3 Å². The molecule has 15 nitrogen and oxygen atoms in total. The lowest BCUT2D eigenvalue weighted by Gasteiger charge is -2.44. The van der Waals surface area contributed by atoms with Crippen molar-refractivity contribution in [1.29, 1.82) is 0 Å². The Hall–Kier alpha value is -4.61. The molecule has 0 radical (unpaired) electrons. The van der Waals surface area contributed by atoms with Crippen molar-refractivity contribution in [2.75, 3.05) is 34.2 Å². The maximum Gasteiger partial charge on any atom is 0.303 e. The Labute approximate surface area is 310 Å². The van der Waals surface area contributed by atoms with Crippen molar-refractivity contribution >= 4 is 53.0 Å². The fourth-order valence-electron chi connectivity index (χ4n) is 6.29. The van der Waals surface area contributed by atoms with E-state index in [1.807, 2.05) is 18.4 Å². The normalized spacial score (nSPS) is 21.8. The van der Waals surface area contributed by atoms with Gasteiger partial charge in [0.2, 0.25) is 5.75 Å². The first-order chi connectivity index (χ1) is 24.7. The van der Waals surface area contributed by atoms with E-state index in [0.717, 1.165) is 31.9 Å². The topological polar surface area (TPSA) is 183 Å². The maximum absolute atomic E-state index is 13.4. The molecule has 2 aromatic carbocycles. The number of hydrogen-bond acceptors (Lipinski definition) is 15. The third kappa shape index (κ3) is 9.24. The van der Waals surface area contributed by atoms with E-state index in [1.165, 1.54) is 40.0 Å². The molecule has 0 unspecified atom stereocenters. The molecule has 6 atom stereocenters. The van der Waals surface area contributed by atoms with Crippen LogP contribution in [0.5, 0.6) is 17.2 Å². The van der Waals surface area contributed by atoms with Crippen molar-refractivity contribution in [3.05, 3.63) is 45.6 Å². The smallest absolute Gasteiger partial charge is 0.303 e. The summed E-state index contributed by atoms with van der Waals surface area (Å²) in [7, 11) is 4.57. The fourth-order valence-corrected chi connectivity index (χ4v) is 7.01. The largest absolute Gasteiger partial charge is 0.493 e. The van der Waals surface area contributed by atoms with E-state index in [0.29, 0.717) is 46.1 Å². The van der Waals surface area contributed by atoms with Crippen LogP contribution >= 0.6 is 24.0 Å². The first-order valence-corrected chi connectivity index (χ1v) is 17.8. The molecule has 1 aliphatic heterocycles. The second-order valence-electron chi connectivity index (χ2n) is 11.8. The molecule has 1 heterocycles. The zero-order chi connectivity index (χ0) is 38.3. The minimum Gasteiger partial charge on any atom is -0.493 e. The number of methoxy groups -OCH3 is 3. The van der Waals surface area contributed by atoms with Crippen LogP contribution in [0.1, 0.15) is 51.3 Å². The standard InChI is InChI=1S/C35H42N2O13S2/c1-16(38)46-15-26-30(47-17(2)39)32(48-18(3)40)33(49-19(4)41)34(50-26)37-35(51)36-23-11-9-20-13-25(43-5)29(44-6)31(45-7)28(20)21-10-12-27(52-8)24(42)14-22(21)23/h10,12-14,23,26,30,32-34H,9,11,15H2,1-8H3,(H2,36,37,51)/t23-,26+,30+,32-,33+,34+/m0/s1. The zero-order valence-corrected chi connectivity index (χ0v) is 31.7. The van der Waals surface area contributed by atoms with E-state index in [-0.39, 0.29) is 10.5 Å². The molecule has 2 aromatic rings. The summed E-state index contributed by atoms with van der Waals surface area (Å²) < 4.78 is 45.1. The number of carbonyl (C=O) groups is 4. The number of esters is 4. The Bertz CT molecular complexity index is 1770. The van der Waals surface area contributed by atoms with Gasteiger partial charge in [0.1, 0.15) is 12.7 Å². The Morgan fingerprint density at radius 2 is 1.48 bits per heavy atom. The number of benzene rings is 1. The van der Waals surface area contributed by atoms with Gasteiger partial charge in [0.25, 0.3) is 0 Å². The van der Waals surface area contributed by atoms with E-state index >= 15 is 0 Å². The highest BCUT2D eigenvalue weighted by Gasteiger charge is 2.52. The van der Waals surface area contributed by atoms with Crippen molar-refractivity contribution < 1.29 is 57.1 Å². The van der Waals surface area contributed by atoms with Gasteiger partial charge >= 0.3 is 23.9 Å². The molecular weight excluding hydrogens is 721 g/mol. The van der Waals surface area contributed by atoms with Crippen molar-refractivity contribution in [2.45, 2.75) is 82.1 Å². The van der Waals surface area contributed by atoms with Crippen LogP contribution in [-0.4, -0.2) is 93.8 Å². The Morgan fingerprint density at radius 1 is 0.846 bits per heavy atom.